The first-order valence-corrected chi connectivity index (χ1v) is 2.64. The molecule has 0 heterocycles. The first kappa shape index (κ1) is 7.59. The molecule has 0 rings (SSSR count). The van der Waals surface area contributed by atoms with E-state index in [1.54, 1.807) is 0 Å². The predicted octanol–water partition coefficient (Wildman–Crippen LogP) is -0.325. The maximum Gasteiger partial charge on any atom is 0.150 e. The van der Waals surface area contributed by atoms with Crippen LogP contribution in [0.1, 0.15) is 13.8 Å². The van der Waals surface area contributed by atoms with Gasteiger partial charge in [0.05, 0.1) is 6.54 Å². The van der Waals surface area contributed by atoms with Crippen LogP contribution >= 0.6 is 0 Å². The fraction of sp³-hybridized carbons (Fsp3) is 0.800. The predicted molar refractivity (Wildman–Crippen MR) is 32.0 cm³/mol. The van der Waals surface area contributed by atoms with E-state index in [4.69, 9.17) is 5.84 Å². The smallest absolute Gasteiger partial charge is 0.150 e. The lowest BCUT2D eigenvalue weighted by atomic mass is 10.1. The second kappa shape index (κ2) is 3.57. The number of carbonyl (C=O) groups excluding carboxylic acids is 1. The summed E-state index contributed by atoms with van der Waals surface area (Å²) in [7, 11) is 0. The van der Waals surface area contributed by atoms with E-state index in [1.807, 2.05) is 13.8 Å². The van der Waals surface area contributed by atoms with Gasteiger partial charge in [0.1, 0.15) is 0 Å². The van der Waals surface area contributed by atoms with Crippen molar-refractivity contribution in [2.24, 2.45) is 11.8 Å². The van der Waals surface area contributed by atoms with Gasteiger partial charge in [-0.15, -0.1) is 0 Å². The molecule has 3 heteroatoms. The van der Waals surface area contributed by atoms with Gasteiger partial charge in [0.15, 0.2) is 5.78 Å². The van der Waals surface area contributed by atoms with Crippen LogP contribution in [0.5, 0.6) is 0 Å². The Kier molecular flexibility index (Phi) is 3.39. The van der Waals surface area contributed by atoms with E-state index in [0.717, 1.165) is 0 Å². The molecule has 8 heavy (non-hydrogen) atoms. The maximum absolute atomic E-state index is 10.6. The highest BCUT2D eigenvalue weighted by Crippen LogP contribution is 1.90. The van der Waals surface area contributed by atoms with Gasteiger partial charge in [-0.25, -0.2) is 0 Å². The number of carbonyl (C=O) groups is 1. The molecule has 3 N–H and O–H groups in total. The summed E-state index contributed by atoms with van der Waals surface area (Å²) < 4.78 is 0. The van der Waals surface area contributed by atoms with E-state index >= 15 is 0 Å². The van der Waals surface area contributed by atoms with Crippen LogP contribution in [0.4, 0.5) is 0 Å². The van der Waals surface area contributed by atoms with Crippen molar-refractivity contribution >= 4 is 5.78 Å². The molecule has 3 nitrogen and oxygen atoms in total. The first-order chi connectivity index (χ1) is 3.68. The molecule has 0 aliphatic rings. The molecule has 0 aliphatic carbocycles. The largest absolute Gasteiger partial charge is 0.298 e. The minimum atomic E-state index is 0.0889. The molecule has 0 radical (unpaired) electrons. The van der Waals surface area contributed by atoms with Crippen molar-refractivity contribution in [3.8, 4) is 0 Å². The summed E-state index contributed by atoms with van der Waals surface area (Å²) >= 11 is 0. The van der Waals surface area contributed by atoms with Crippen LogP contribution in [0.15, 0.2) is 0 Å². The van der Waals surface area contributed by atoms with Gasteiger partial charge in [0, 0.05) is 5.92 Å². The number of hydrazine groups is 1. The van der Waals surface area contributed by atoms with Gasteiger partial charge >= 0.3 is 0 Å². The van der Waals surface area contributed by atoms with Crippen LogP contribution in [-0.4, -0.2) is 12.3 Å². The van der Waals surface area contributed by atoms with Gasteiger partial charge in [0.25, 0.3) is 0 Å². The van der Waals surface area contributed by atoms with Gasteiger partial charge in [-0.3, -0.25) is 16.1 Å². The average molecular weight is 116 g/mol. The van der Waals surface area contributed by atoms with E-state index in [0.29, 0.717) is 0 Å². The van der Waals surface area contributed by atoms with Gasteiger partial charge in [-0.05, 0) is 0 Å². The SMILES string of the molecule is CC(C)C(=O)CNN. The number of rotatable bonds is 3. The highest BCUT2D eigenvalue weighted by atomic mass is 16.1. The third-order valence-corrected chi connectivity index (χ3v) is 0.920. The molecule has 48 valence electrons. The second-order valence-electron chi connectivity index (χ2n) is 2.00. The molecule has 0 saturated heterocycles. The van der Waals surface area contributed by atoms with Crippen molar-refractivity contribution in [1.29, 1.82) is 0 Å². The molecule has 0 aromatic carbocycles. The van der Waals surface area contributed by atoms with Crippen LogP contribution < -0.4 is 11.3 Å². The monoisotopic (exact) mass is 116 g/mol. The zero-order chi connectivity index (χ0) is 6.57. The zero-order valence-electron chi connectivity index (χ0n) is 5.27. The fourth-order valence-electron chi connectivity index (χ4n) is 0.305. The van der Waals surface area contributed by atoms with Crippen LogP contribution in [0.3, 0.4) is 0 Å². The average Bonchev–Trinajstić information content (AvgIpc) is 1.67. The molecule has 0 atom stereocenters. The Balaban J connectivity index is 3.33. The summed E-state index contributed by atoms with van der Waals surface area (Å²) in [5.74, 6) is 5.13. The lowest BCUT2D eigenvalue weighted by Gasteiger charge is -1.99. The van der Waals surface area contributed by atoms with E-state index in [2.05, 4.69) is 5.43 Å². The molecule has 0 unspecified atom stereocenters. The minimum Gasteiger partial charge on any atom is -0.298 e. The van der Waals surface area contributed by atoms with Gasteiger partial charge in [-0.2, -0.15) is 0 Å². The second-order valence-corrected chi connectivity index (χ2v) is 2.00. The summed E-state index contributed by atoms with van der Waals surface area (Å²) in [6.45, 7) is 3.97. The van der Waals surface area contributed by atoms with Crippen LogP contribution in [0.25, 0.3) is 0 Å². The standard InChI is InChI=1S/C5H12N2O/c1-4(2)5(8)3-7-6/h4,7H,3,6H2,1-2H3. The quantitative estimate of drug-likeness (QED) is 0.392. The van der Waals surface area contributed by atoms with Crippen LogP contribution in [0, 0.1) is 5.92 Å². The summed E-state index contributed by atoms with van der Waals surface area (Å²) in [4.78, 5) is 10.6. The molecule has 0 spiro atoms. The summed E-state index contributed by atoms with van der Waals surface area (Å²) in [5.41, 5.74) is 2.30. The molecule has 0 aliphatic heterocycles. The topological polar surface area (TPSA) is 55.1 Å². The van der Waals surface area contributed by atoms with Crippen molar-refractivity contribution in [3.05, 3.63) is 0 Å². The Hall–Kier alpha value is -0.410. The van der Waals surface area contributed by atoms with Crippen molar-refractivity contribution in [1.82, 2.24) is 5.43 Å². The van der Waals surface area contributed by atoms with E-state index in [9.17, 15) is 4.79 Å². The normalized spacial score (nSPS) is 10.0. The minimum absolute atomic E-state index is 0.0889. The van der Waals surface area contributed by atoms with Crippen molar-refractivity contribution in [2.45, 2.75) is 13.8 Å². The summed E-state index contributed by atoms with van der Waals surface area (Å²) in [6.07, 6.45) is 0. The third-order valence-electron chi connectivity index (χ3n) is 0.920. The highest BCUT2D eigenvalue weighted by Gasteiger charge is 2.03. The molecule has 0 aromatic heterocycles. The molecular formula is C5H12N2O. The lowest BCUT2D eigenvalue weighted by Crippen LogP contribution is -2.31. The van der Waals surface area contributed by atoms with Gasteiger partial charge < -0.3 is 0 Å². The molecule has 0 bridgehead atoms. The highest BCUT2D eigenvalue weighted by molar-refractivity contribution is 5.82. The number of hydrogen-bond donors (Lipinski definition) is 2. The first-order valence-electron chi connectivity index (χ1n) is 2.64. The number of ketones is 1. The summed E-state index contributed by atoms with van der Waals surface area (Å²) in [5, 5.41) is 0. The van der Waals surface area contributed by atoms with Gasteiger partial charge in [0.2, 0.25) is 0 Å². The number of nitrogens with two attached hydrogens (primary N) is 1. The Labute approximate surface area is 49.2 Å². The molecule has 0 saturated carbocycles. The molecule has 0 fully saturated rings. The van der Waals surface area contributed by atoms with Crippen molar-refractivity contribution < 1.29 is 4.79 Å². The van der Waals surface area contributed by atoms with Crippen LogP contribution in [0.2, 0.25) is 0 Å². The van der Waals surface area contributed by atoms with Crippen molar-refractivity contribution in [2.75, 3.05) is 6.54 Å². The lowest BCUT2D eigenvalue weighted by molar-refractivity contribution is -0.121. The van der Waals surface area contributed by atoms with E-state index in [1.165, 1.54) is 0 Å². The summed E-state index contributed by atoms with van der Waals surface area (Å²) in [6, 6.07) is 0. The van der Waals surface area contributed by atoms with Gasteiger partial charge in [-0.1, -0.05) is 13.8 Å². The number of Topliss-reactive ketones (excluding diaryl/α,β-unsaturated/α-hetero) is 1. The number of hydrogen-bond acceptors (Lipinski definition) is 3. The third kappa shape index (κ3) is 2.71. The van der Waals surface area contributed by atoms with E-state index < -0.39 is 0 Å². The Morgan fingerprint density at radius 2 is 2.25 bits per heavy atom. The Morgan fingerprint density at radius 3 is 2.38 bits per heavy atom. The molecule has 0 aromatic rings. The molecule has 0 amide bonds. The Bertz CT molecular complexity index is 80.5. The zero-order valence-corrected chi connectivity index (χ0v) is 5.27. The Morgan fingerprint density at radius 1 is 1.75 bits per heavy atom. The molecular weight excluding hydrogens is 104 g/mol. The fourth-order valence-corrected chi connectivity index (χ4v) is 0.305. The van der Waals surface area contributed by atoms with Crippen molar-refractivity contribution in [3.63, 3.8) is 0 Å². The van der Waals surface area contributed by atoms with Crippen LogP contribution in [-0.2, 0) is 4.79 Å². The maximum atomic E-state index is 10.6. The number of nitrogens with one attached hydrogen (secondary N) is 1. The van der Waals surface area contributed by atoms with E-state index in [-0.39, 0.29) is 18.2 Å².